The molecule has 0 N–H and O–H groups in total. The molecule has 1 aliphatic heterocycles. The number of nitrogens with zero attached hydrogens (tertiary/aromatic N) is 2. The fourth-order valence-electron chi connectivity index (χ4n) is 2.32. The topological polar surface area (TPSA) is 99.0 Å². The standard InChI is InChI=1S/C13H18N2O6S/c1-9-8-21-10(2)7-14(9)22(18,19)13-5-4-11(15(16)17)6-12(13)20-3/h4-6,9-10H,7-8H2,1-3H3/t9-,10-/m0/s1. The molecule has 0 amide bonds. The van der Waals surface area contributed by atoms with Crippen molar-refractivity contribution in [2.24, 2.45) is 0 Å². The summed E-state index contributed by atoms with van der Waals surface area (Å²) in [5.41, 5.74) is -0.223. The zero-order chi connectivity index (χ0) is 16.5. The normalized spacial score (nSPS) is 23.2. The summed E-state index contributed by atoms with van der Waals surface area (Å²) < 4.78 is 37.5. The van der Waals surface area contributed by atoms with E-state index in [-0.39, 0.29) is 35.0 Å². The molecule has 0 spiro atoms. The van der Waals surface area contributed by atoms with Gasteiger partial charge >= 0.3 is 0 Å². The van der Waals surface area contributed by atoms with E-state index in [2.05, 4.69) is 0 Å². The van der Waals surface area contributed by atoms with Crippen LogP contribution in [0.1, 0.15) is 13.8 Å². The number of methoxy groups -OCH3 is 1. The predicted molar refractivity (Wildman–Crippen MR) is 78.4 cm³/mol. The molecule has 1 aromatic rings. The molecular formula is C13H18N2O6S. The summed E-state index contributed by atoms with van der Waals surface area (Å²) in [7, 11) is -2.54. The van der Waals surface area contributed by atoms with Gasteiger partial charge in [-0.2, -0.15) is 4.31 Å². The van der Waals surface area contributed by atoms with Crippen molar-refractivity contribution in [1.82, 2.24) is 4.31 Å². The second-order valence-corrected chi connectivity index (χ2v) is 7.02. The fraction of sp³-hybridized carbons (Fsp3) is 0.538. The Morgan fingerprint density at radius 2 is 2.09 bits per heavy atom. The van der Waals surface area contributed by atoms with Crippen molar-refractivity contribution in [2.45, 2.75) is 30.9 Å². The van der Waals surface area contributed by atoms with Crippen molar-refractivity contribution in [3.63, 3.8) is 0 Å². The molecule has 1 saturated heterocycles. The summed E-state index contributed by atoms with van der Waals surface area (Å²) in [5, 5.41) is 10.8. The van der Waals surface area contributed by atoms with E-state index in [0.717, 1.165) is 12.1 Å². The van der Waals surface area contributed by atoms with E-state index >= 15 is 0 Å². The van der Waals surface area contributed by atoms with Gasteiger partial charge in [0.2, 0.25) is 10.0 Å². The lowest BCUT2D eigenvalue weighted by atomic mass is 10.2. The number of hydrogen-bond donors (Lipinski definition) is 0. The van der Waals surface area contributed by atoms with Crippen LogP contribution in [0.5, 0.6) is 5.75 Å². The molecule has 0 unspecified atom stereocenters. The summed E-state index contributed by atoms with van der Waals surface area (Å²) in [4.78, 5) is 10.1. The lowest BCUT2D eigenvalue weighted by molar-refractivity contribution is -0.385. The lowest BCUT2D eigenvalue weighted by Gasteiger charge is -2.35. The van der Waals surface area contributed by atoms with Crippen LogP contribution in [0.25, 0.3) is 0 Å². The van der Waals surface area contributed by atoms with Crippen LogP contribution in [-0.2, 0) is 14.8 Å². The molecule has 9 heteroatoms. The van der Waals surface area contributed by atoms with Gasteiger partial charge in [0, 0.05) is 18.7 Å². The number of rotatable bonds is 4. The molecule has 8 nitrogen and oxygen atoms in total. The van der Waals surface area contributed by atoms with E-state index in [1.54, 1.807) is 13.8 Å². The van der Waals surface area contributed by atoms with Crippen LogP contribution in [-0.4, -0.2) is 50.1 Å². The zero-order valence-corrected chi connectivity index (χ0v) is 13.4. The third kappa shape index (κ3) is 3.06. The summed E-state index contributed by atoms with van der Waals surface area (Å²) in [6.45, 7) is 4.07. The smallest absolute Gasteiger partial charge is 0.273 e. The molecule has 22 heavy (non-hydrogen) atoms. The van der Waals surface area contributed by atoms with Crippen molar-refractivity contribution in [3.05, 3.63) is 28.3 Å². The molecule has 0 radical (unpaired) electrons. The van der Waals surface area contributed by atoms with E-state index in [1.165, 1.54) is 17.5 Å². The van der Waals surface area contributed by atoms with E-state index < -0.39 is 14.9 Å². The Balaban J connectivity index is 2.46. The second kappa shape index (κ2) is 6.19. The Hall–Kier alpha value is -1.71. The van der Waals surface area contributed by atoms with Gasteiger partial charge in [-0.05, 0) is 19.9 Å². The number of sulfonamides is 1. The van der Waals surface area contributed by atoms with Crippen molar-refractivity contribution in [1.29, 1.82) is 0 Å². The Bertz CT molecular complexity index is 675. The number of hydrogen-bond acceptors (Lipinski definition) is 6. The van der Waals surface area contributed by atoms with Gasteiger partial charge in [-0.3, -0.25) is 10.1 Å². The van der Waals surface area contributed by atoms with Crippen LogP contribution in [0.4, 0.5) is 5.69 Å². The minimum Gasteiger partial charge on any atom is -0.495 e. The molecule has 0 bridgehead atoms. The van der Waals surface area contributed by atoms with E-state index in [4.69, 9.17) is 9.47 Å². The maximum Gasteiger partial charge on any atom is 0.273 e. The highest BCUT2D eigenvalue weighted by Crippen LogP contribution is 2.32. The molecule has 0 aliphatic carbocycles. The van der Waals surface area contributed by atoms with Gasteiger partial charge in [0.05, 0.1) is 30.8 Å². The fourth-order valence-corrected chi connectivity index (χ4v) is 4.15. The zero-order valence-electron chi connectivity index (χ0n) is 12.6. The molecule has 2 atom stereocenters. The van der Waals surface area contributed by atoms with Crippen LogP contribution >= 0.6 is 0 Å². The average molecular weight is 330 g/mol. The number of non-ortho nitro benzene ring substituents is 1. The van der Waals surface area contributed by atoms with Crippen molar-refractivity contribution >= 4 is 15.7 Å². The molecule has 0 saturated carbocycles. The van der Waals surface area contributed by atoms with Gasteiger partial charge in [0.15, 0.2) is 0 Å². The maximum atomic E-state index is 12.8. The Morgan fingerprint density at radius 3 is 2.68 bits per heavy atom. The first-order valence-corrected chi connectivity index (χ1v) is 8.17. The van der Waals surface area contributed by atoms with E-state index in [1.807, 2.05) is 0 Å². The van der Waals surface area contributed by atoms with E-state index in [9.17, 15) is 18.5 Å². The maximum absolute atomic E-state index is 12.8. The van der Waals surface area contributed by atoms with Gasteiger partial charge in [-0.25, -0.2) is 8.42 Å². The first kappa shape index (κ1) is 16.7. The summed E-state index contributed by atoms with van der Waals surface area (Å²) in [5.74, 6) is -0.0412. The Labute approximate surface area is 128 Å². The third-order valence-electron chi connectivity index (χ3n) is 3.50. The summed E-state index contributed by atoms with van der Waals surface area (Å²) >= 11 is 0. The first-order chi connectivity index (χ1) is 10.3. The van der Waals surface area contributed by atoms with E-state index in [0.29, 0.717) is 6.61 Å². The number of ether oxygens (including phenoxy) is 2. The average Bonchev–Trinajstić information content (AvgIpc) is 2.48. The largest absolute Gasteiger partial charge is 0.495 e. The Kier molecular flexibility index (Phi) is 4.69. The number of nitro groups is 1. The minimum absolute atomic E-state index is 0.0412. The highest BCUT2D eigenvalue weighted by atomic mass is 32.2. The summed E-state index contributed by atoms with van der Waals surface area (Å²) in [6, 6.07) is 3.16. The Morgan fingerprint density at radius 1 is 1.41 bits per heavy atom. The quantitative estimate of drug-likeness (QED) is 0.611. The highest BCUT2D eigenvalue weighted by molar-refractivity contribution is 7.89. The van der Waals surface area contributed by atoms with Gasteiger partial charge in [-0.15, -0.1) is 0 Å². The van der Waals surface area contributed by atoms with Gasteiger partial charge < -0.3 is 9.47 Å². The molecular weight excluding hydrogens is 312 g/mol. The molecule has 2 rings (SSSR count). The van der Waals surface area contributed by atoms with Crippen LogP contribution in [0.3, 0.4) is 0 Å². The molecule has 1 heterocycles. The van der Waals surface area contributed by atoms with Crippen LogP contribution in [0.15, 0.2) is 23.1 Å². The van der Waals surface area contributed by atoms with Crippen LogP contribution < -0.4 is 4.74 Å². The van der Waals surface area contributed by atoms with Gasteiger partial charge in [0.1, 0.15) is 10.6 Å². The van der Waals surface area contributed by atoms with Crippen molar-refractivity contribution in [2.75, 3.05) is 20.3 Å². The van der Waals surface area contributed by atoms with Crippen LogP contribution in [0.2, 0.25) is 0 Å². The molecule has 1 aromatic carbocycles. The minimum atomic E-state index is -3.82. The van der Waals surface area contributed by atoms with Gasteiger partial charge in [0.25, 0.3) is 5.69 Å². The molecule has 122 valence electrons. The summed E-state index contributed by atoms with van der Waals surface area (Å²) in [6.07, 6.45) is -0.213. The van der Waals surface area contributed by atoms with Crippen molar-refractivity contribution < 1.29 is 22.8 Å². The second-order valence-electron chi connectivity index (χ2n) is 5.16. The SMILES string of the molecule is COc1cc([N+](=O)[O-])ccc1S(=O)(=O)N1C[C@H](C)OC[C@@H]1C. The predicted octanol–water partition coefficient (Wildman–Crippen LogP) is 1.40. The van der Waals surface area contributed by atoms with Crippen molar-refractivity contribution in [3.8, 4) is 5.75 Å². The third-order valence-corrected chi connectivity index (χ3v) is 5.51. The molecule has 1 aliphatic rings. The highest BCUT2D eigenvalue weighted by Gasteiger charge is 2.36. The number of benzene rings is 1. The number of nitro benzene ring substituents is 1. The first-order valence-electron chi connectivity index (χ1n) is 6.73. The van der Waals surface area contributed by atoms with Crippen LogP contribution in [0, 0.1) is 10.1 Å². The monoisotopic (exact) mass is 330 g/mol. The molecule has 0 aromatic heterocycles. The lowest BCUT2D eigenvalue weighted by Crippen LogP contribution is -2.50. The number of morpholine rings is 1. The van der Waals surface area contributed by atoms with Gasteiger partial charge in [-0.1, -0.05) is 0 Å². The molecule has 1 fully saturated rings.